The molecule has 0 saturated heterocycles. The highest BCUT2D eigenvalue weighted by atomic mass is 19.4. The van der Waals surface area contributed by atoms with Crippen molar-refractivity contribution in [1.82, 2.24) is 4.98 Å². The Morgan fingerprint density at radius 2 is 1.63 bits per heavy atom. The molecule has 0 atom stereocenters. The van der Waals surface area contributed by atoms with E-state index < -0.39 is 17.8 Å². The van der Waals surface area contributed by atoms with Crippen LogP contribution >= 0.6 is 0 Å². The van der Waals surface area contributed by atoms with Crippen molar-refractivity contribution < 1.29 is 26.7 Å². The third-order valence-electron chi connectivity index (χ3n) is 2.58. The number of ether oxygens (including phenoxy) is 1. The van der Waals surface area contributed by atoms with E-state index >= 15 is 0 Å². The second-order valence-corrected chi connectivity index (χ2v) is 3.83. The number of hydrogen-bond donors (Lipinski definition) is 0. The molecule has 19 heavy (non-hydrogen) atoms. The summed E-state index contributed by atoms with van der Waals surface area (Å²) in [6.07, 6.45) is -5.67. The molecule has 0 bridgehead atoms. The first-order valence-electron chi connectivity index (χ1n) is 5.15. The van der Waals surface area contributed by atoms with Crippen LogP contribution in [0.4, 0.5) is 22.0 Å². The lowest BCUT2D eigenvalue weighted by Gasteiger charge is -2.19. The largest absolute Gasteiger partial charge is 0.497 e. The Morgan fingerprint density at radius 1 is 1.00 bits per heavy atom. The smallest absolute Gasteiger partial charge is 0.459 e. The van der Waals surface area contributed by atoms with Crippen LogP contribution in [-0.4, -0.2) is 18.3 Å². The molecule has 0 radical (unpaired) electrons. The fourth-order valence-electron chi connectivity index (χ4n) is 1.54. The molecule has 2 nitrogen and oxygen atoms in total. The van der Waals surface area contributed by atoms with Gasteiger partial charge in [0.15, 0.2) is 0 Å². The Morgan fingerprint density at radius 3 is 2.21 bits per heavy atom. The molecule has 1 aromatic heterocycles. The highest BCUT2D eigenvalue weighted by molar-refractivity contribution is 5.80. The highest BCUT2D eigenvalue weighted by Crippen LogP contribution is 2.43. The first kappa shape index (κ1) is 13.5. The van der Waals surface area contributed by atoms with E-state index in [1.807, 2.05) is 0 Å². The molecule has 0 amide bonds. The van der Waals surface area contributed by atoms with E-state index in [4.69, 9.17) is 4.74 Å². The standard InChI is InChI=1S/C12H8F5NO/c1-19-8-4-2-7-3-5-10(18-9(7)6-8)11(13,14)12(15,16)17/h2-6H,1H3. The van der Waals surface area contributed by atoms with Crippen LogP contribution in [0.2, 0.25) is 0 Å². The molecule has 0 N–H and O–H groups in total. The summed E-state index contributed by atoms with van der Waals surface area (Å²) in [4.78, 5) is 3.37. The summed E-state index contributed by atoms with van der Waals surface area (Å²) in [6.45, 7) is 0. The minimum absolute atomic E-state index is 0.0146. The van der Waals surface area contributed by atoms with Gasteiger partial charge in [0.2, 0.25) is 0 Å². The molecular weight excluding hydrogens is 269 g/mol. The van der Waals surface area contributed by atoms with Gasteiger partial charge in [0.25, 0.3) is 0 Å². The normalized spacial score (nSPS) is 12.7. The van der Waals surface area contributed by atoms with Gasteiger partial charge in [-0.1, -0.05) is 6.07 Å². The number of aromatic nitrogens is 1. The lowest BCUT2D eigenvalue weighted by molar-refractivity contribution is -0.290. The molecule has 1 heterocycles. The minimum Gasteiger partial charge on any atom is -0.497 e. The molecule has 0 saturated carbocycles. The Labute approximate surface area is 104 Å². The van der Waals surface area contributed by atoms with Gasteiger partial charge >= 0.3 is 12.1 Å². The van der Waals surface area contributed by atoms with Gasteiger partial charge in [0.05, 0.1) is 12.6 Å². The van der Waals surface area contributed by atoms with E-state index in [1.54, 1.807) is 6.07 Å². The SMILES string of the molecule is COc1ccc2ccc(C(F)(F)C(F)(F)F)nc2c1. The van der Waals surface area contributed by atoms with Crippen LogP contribution in [0.3, 0.4) is 0 Å². The van der Waals surface area contributed by atoms with Crippen molar-refractivity contribution in [3.63, 3.8) is 0 Å². The van der Waals surface area contributed by atoms with Crippen molar-refractivity contribution >= 4 is 10.9 Å². The van der Waals surface area contributed by atoms with Crippen molar-refractivity contribution in [2.24, 2.45) is 0 Å². The summed E-state index contributed by atoms with van der Waals surface area (Å²) in [7, 11) is 1.36. The van der Waals surface area contributed by atoms with Gasteiger partial charge in [-0.05, 0) is 18.2 Å². The van der Waals surface area contributed by atoms with Gasteiger partial charge in [-0.15, -0.1) is 0 Å². The summed E-state index contributed by atoms with van der Waals surface area (Å²) in [5.74, 6) is -4.66. The zero-order valence-corrected chi connectivity index (χ0v) is 9.63. The van der Waals surface area contributed by atoms with Crippen molar-refractivity contribution in [2.75, 3.05) is 7.11 Å². The van der Waals surface area contributed by atoms with Crippen LogP contribution in [0.25, 0.3) is 10.9 Å². The van der Waals surface area contributed by atoms with Crippen molar-refractivity contribution in [3.05, 3.63) is 36.0 Å². The molecule has 0 spiro atoms. The third-order valence-corrected chi connectivity index (χ3v) is 2.58. The van der Waals surface area contributed by atoms with Gasteiger partial charge < -0.3 is 4.74 Å². The van der Waals surface area contributed by atoms with Crippen molar-refractivity contribution in [1.29, 1.82) is 0 Å². The average Bonchev–Trinajstić information content (AvgIpc) is 2.36. The van der Waals surface area contributed by atoms with Gasteiger partial charge in [-0.3, -0.25) is 0 Å². The predicted octanol–water partition coefficient (Wildman–Crippen LogP) is 3.90. The minimum atomic E-state index is -5.67. The Bertz CT molecular complexity index is 609. The topological polar surface area (TPSA) is 22.1 Å². The monoisotopic (exact) mass is 277 g/mol. The van der Waals surface area contributed by atoms with E-state index in [9.17, 15) is 22.0 Å². The molecule has 2 rings (SSSR count). The van der Waals surface area contributed by atoms with Crippen LogP contribution < -0.4 is 4.74 Å². The van der Waals surface area contributed by atoms with Gasteiger partial charge in [-0.25, -0.2) is 4.98 Å². The van der Waals surface area contributed by atoms with Gasteiger partial charge in [0, 0.05) is 11.5 Å². The van der Waals surface area contributed by atoms with E-state index in [-0.39, 0.29) is 5.52 Å². The number of pyridine rings is 1. The number of nitrogens with zero attached hydrogens (tertiary/aromatic N) is 1. The second-order valence-electron chi connectivity index (χ2n) is 3.83. The average molecular weight is 277 g/mol. The van der Waals surface area contributed by atoms with E-state index in [0.717, 1.165) is 6.07 Å². The third kappa shape index (κ3) is 2.32. The maximum Gasteiger partial charge on any atom is 0.459 e. The van der Waals surface area contributed by atoms with Gasteiger partial charge in [-0.2, -0.15) is 22.0 Å². The van der Waals surface area contributed by atoms with Crippen molar-refractivity contribution in [3.8, 4) is 5.75 Å². The number of hydrogen-bond acceptors (Lipinski definition) is 2. The number of alkyl halides is 5. The molecule has 0 unspecified atom stereocenters. The summed E-state index contributed by atoms with van der Waals surface area (Å²) < 4.78 is 67.9. The molecular formula is C12H8F5NO. The van der Waals surface area contributed by atoms with Crippen LogP contribution in [-0.2, 0) is 5.92 Å². The summed E-state index contributed by atoms with van der Waals surface area (Å²) in [6, 6.07) is 6.21. The number of benzene rings is 1. The second kappa shape index (κ2) is 4.32. The summed E-state index contributed by atoms with van der Waals surface area (Å²) in [5, 5.41) is 0.447. The van der Waals surface area contributed by atoms with E-state index in [0.29, 0.717) is 17.2 Å². The zero-order valence-electron chi connectivity index (χ0n) is 9.63. The van der Waals surface area contributed by atoms with Gasteiger partial charge in [0.1, 0.15) is 11.4 Å². The predicted molar refractivity (Wildman–Crippen MR) is 58.2 cm³/mol. The first-order chi connectivity index (χ1) is 8.75. The Balaban J connectivity index is 2.57. The number of fused-ring (bicyclic) bond motifs is 1. The number of methoxy groups -OCH3 is 1. The Kier molecular flexibility index (Phi) is 3.07. The van der Waals surface area contributed by atoms with Crippen LogP contribution in [0.15, 0.2) is 30.3 Å². The molecule has 0 aliphatic rings. The number of rotatable bonds is 2. The molecule has 102 valence electrons. The van der Waals surface area contributed by atoms with Crippen LogP contribution in [0.1, 0.15) is 5.69 Å². The molecule has 1 aromatic carbocycles. The lowest BCUT2D eigenvalue weighted by Crippen LogP contribution is -2.34. The zero-order chi connectivity index (χ0) is 14.3. The quantitative estimate of drug-likeness (QED) is 0.777. The molecule has 7 heteroatoms. The molecule has 2 aromatic rings. The molecule has 0 aliphatic carbocycles. The number of halogens is 5. The van der Waals surface area contributed by atoms with Crippen LogP contribution in [0, 0.1) is 0 Å². The van der Waals surface area contributed by atoms with E-state index in [2.05, 4.69) is 4.98 Å². The lowest BCUT2D eigenvalue weighted by atomic mass is 10.1. The fraction of sp³-hybridized carbons (Fsp3) is 0.250. The Hall–Kier alpha value is -1.92. The summed E-state index contributed by atoms with van der Waals surface area (Å²) >= 11 is 0. The summed E-state index contributed by atoms with van der Waals surface area (Å²) in [5.41, 5.74) is -1.32. The van der Waals surface area contributed by atoms with Crippen molar-refractivity contribution in [2.45, 2.75) is 12.1 Å². The molecule has 0 aliphatic heterocycles. The van der Waals surface area contributed by atoms with E-state index in [1.165, 1.54) is 19.2 Å². The molecule has 0 fully saturated rings. The fourth-order valence-corrected chi connectivity index (χ4v) is 1.54. The maximum absolute atomic E-state index is 13.2. The highest BCUT2D eigenvalue weighted by Gasteiger charge is 2.59. The first-order valence-corrected chi connectivity index (χ1v) is 5.15. The van der Waals surface area contributed by atoms with Crippen LogP contribution in [0.5, 0.6) is 5.75 Å². The maximum atomic E-state index is 13.2.